The summed E-state index contributed by atoms with van der Waals surface area (Å²) in [7, 11) is 0. The van der Waals surface area contributed by atoms with Crippen LogP contribution in [0, 0.1) is 6.92 Å². The number of ether oxygens (including phenoxy) is 1. The Morgan fingerprint density at radius 3 is 3.00 bits per heavy atom. The van der Waals surface area contributed by atoms with E-state index in [1.807, 2.05) is 26.0 Å². The van der Waals surface area contributed by atoms with Gasteiger partial charge in [-0.1, -0.05) is 0 Å². The highest BCUT2D eigenvalue weighted by molar-refractivity contribution is 5.94. The summed E-state index contributed by atoms with van der Waals surface area (Å²) in [5, 5.41) is 2.85. The van der Waals surface area contributed by atoms with Gasteiger partial charge in [0, 0.05) is 18.2 Å². The molecular weight excluding hydrogens is 266 g/mol. The molecule has 1 amide bonds. The molecule has 0 bridgehead atoms. The Balaban J connectivity index is 1.66. The second-order valence-corrected chi connectivity index (χ2v) is 5.29. The molecule has 0 radical (unpaired) electrons. The minimum atomic E-state index is -0.111. The maximum atomic E-state index is 12.2. The molecule has 1 aliphatic heterocycles. The number of carbonyl (C=O) groups excluding carboxylic acids is 1. The lowest BCUT2D eigenvalue weighted by molar-refractivity contribution is 0.0950. The van der Waals surface area contributed by atoms with Crippen molar-refractivity contribution in [1.29, 1.82) is 0 Å². The van der Waals surface area contributed by atoms with Gasteiger partial charge in [-0.25, -0.2) is 0 Å². The number of nitrogens with zero attached hydrogens (tertiary/aromatic N) is 2. The van der Waals surface area contributed by atoms with Crippen LogP contribution in [0.1, 0.15) is 34.2 Å². The fourth-order valence-electron chi connectivity index (χ4n) is 2.35. The maximum absolute atomic E-state index is 12.2. The number of aryl methyl sites for hydroxylation is 1. The molecule has 5 heteroatoms. The molecule has 3 rings (SSSR count). The van der Waals surface area contributed by atoms with Crippen molar-refractivity contribution in [3.05, 3.63) is 53.1 Å². The van der Waals surface area contributed by atoms with Crippen molar-refractivity contribution >= 4 is 5.91 Å². The smallest absolute Gasteiger partial charge is 0.251 e. The van der Waals surface area contributed by atoms with Gasteiger partial charge in [-0.2, -0.15) is 0 Å². The number of hydrogen-bond acceptors (Lipinski definition) is 4. The molecule has 0 fully saturated rings. The Bertz CT molecular complexity index is 668. The van der Waals surface area contributed by atoms with Crippen molar-refractivity contribution < 1.29 is 9.53 Å². The third-order valence-corrected chi connectivity index (χ3v) is 3.42. The Morgan fingerprint density at radius 1 is 1.38 bits per heavy atom. The van der Waals surface area contributed by atoms with Crippen molar-refractivity contribution in [1.82, 2.24) is 15.3 Å². The summed E-state index contributed by atoms with van der Waals surface area (Å²) in [4.78, 5) is 20.5. The number of benzene rings is 1. The first-order valence-corrected chi connectivity index (χ1v) is 6.97. The van der Waals surface area contributed by atoms with Crippen LogP contribution in [0.3, 0.4) is 0 Å². The molecule has 1 aromatic carbocycles. The maximum Gasteiger partial charge on any atom is 0.251 e. The summed E-state index contributed by atoms with van der Waals surface area (Å²) in [6, 6.07) is 5.54. The van der Waals surface area contributed by atoms with Crippen LogP contribution in [0.15, 0.2) is 30.6 Å². The molecule has 1 aromatic heterocycles. The van der Waals surface area contributed by atoms with Crippen LogP contribution in [-0.2, 0) is 13.0 Å². The van der Waals surface area contributed by atoms with E-state index in [4.69, 9.17) is 4.74 Å². The van der Waals surface area contributed by atoms with E-state index in [1.165, 1.54) is 0 Å². The molecule has 1 atom stereocenters. The lowest BCUT2D eigenvalue weighted by atomic mass is 10.1. The average molecular weight is 283 g/mol. The normalized spacial score (nSPS) is 16.2. The fraction of sp³-hybridized carbons (Fsp3) is 0.312. The highest BCUT2D eigenvalue weighted by atomic mass is 16.5. The highest BCUT2D eigenvalue weighted by Crippen LogP contribution is 2.29. The first-order chi connectivity index (χ1) is 10.1. The molecule has 5 nitrogen and oxygen atoms in total. The van der Waals surface area contributed by atoms with Crippen molar-refractivity contribution in [3.63, 3.8) is 0 Å². The van der Waals surface area contributed by atoms with Gasteiger partial charge in [0.2, 0.25) is 0 Å². The molecule has 0 aliphatic carbocycles. The third-order valence-electron chi connectivity index (χ3n) is 3.42. The largest absolute Gasteiger partial charge is 0.490 e. The zero-order valence-electron chi connectivity index (χ0n) is 12.1. The number of nitrogens with one attached hydrogen (secondary N) is 1. The fourth-order valence-corrected chi connectivity index (χ4v) is 2.35. The van der Waals surface area contributed by atoms with Crippen LogP contribution in [0.5, 0.6) is 5.75 Å². The predicted molar refractivity (Wildman–Crippen MR) is 78.2 cm³/mol. The topological polar surface area (TPSA) is 64.1 Å². The van der Waals surface area contributed by atoms with E-state index in [2.05, 4.69) is 15.3 Å². The van der Waals surface area contributed by atoms with Gasteiger partial charge in [0.15, 0.2) is 0 Å². The summed E-state index contributed by atoms with van der Waals surface area (Å²) in [6.45, 7) is 4.27. The first kappa shape index (κ1) is 13.5. The van der Waals surface area contributed by atoms with Crippen molar-refractivity contribution in [2.45, 2.75) is 32.9 Å². The molecule has 1 aliphatic rings. The molecule has 1 N–H and O–H groups in total. The second-order valence-electron chi connectivity index (χ2n) is 5.29. The molecule has 21 heavy (non-hydrogen) atoms. The van der Waals surface area contributed by atoms with Gasteiger partial charge in [-0.05, 0) is 37.6 Å². The predicted octanol–water partition coefficient (Wildman–Crippen LogP) is 2.04. The molecule has 0 saturated heterocycles. The number of amides is 1. The molecule has 2 heterocycles. The lowest BCUT2D eigenvalue weighted by Crippen LogP contribution is -2.23. The van der Waals surface area contributed by atoms with Crippen molar-refractivity contribution in [2.75, 3.05) is 0 Å². The lowest BCUT2D eigenvalue weighted by Gasteiger charge is -2.06. The number of aromatic nitrogens is 2. The molecule has 108 valence electrons. The highest BCUT2D eigenvalue weighted by Gasteiger charge is 2.20. The summed E-state index contributed by atoms with van der Waals surface area (Å²) >= 11 is 0. The standard InChI is InChI=1S/C16H17N3O2/c1-10-7-18-14(8-17-10)9-19-16(20)12-3-4-15-13(6-12)5-11(2)21-15/h3-4,6-8,11H,5,9H2,1-2H3,(H,19,20)/t11-/m0/s1. The van der Waals surface area contributed by atoms with E-state index in [9.17, 15) is 4.79 Å². The minimum Gasteiger partial charge on any atom is -0.490 e. The Morgan fingerprint density at radius 2 is 2.24 bits per heavy atom. The van der Waals surface area contributed by atoms with E-state index in [0.29, 0.717) is 12.1 Å². The van der Waals surface area contributed by atoms with Gasteiger partial charge < -0.3 is 10.1 Å². The van der Waals surface area contributed by atoms with Gasteiger partial charge in [0.05, 0.1) is 24.1 Å². The van der Waals surface area contributed by atoms with E-state index in [1.54, 1.807) is 18.5 Å². The Kier molecular flexibility index (Phi) is 3.56. The zero-order chi connectivity index (χ0) is 14.8. The van der Waals surface area contributed by atoms with Crippen LogP contribution in [0.2, 0.25) is 0 Å². The number of rotatable bonds is 3. The Labute approximate surface area is 123 Å². The molecule has 2 aromatic rings. The molecular formula is C16H17N3O2. The SMILES string of the molecule is Cc1cnc(CNC(=O)c2ccc3c(c2)C[C@H](C)O3)cn1. The number of carbonyl (C=O) groups is 1. The monoisotopic (exact) mass is 283 g/mol. The average Bonchev–Trinajstić information content (AvgIpc) is 2.85. The van der Waals surface area contributed by atoms with E-state index < -0.39 is 0 Å². The second kappa shape index (κ2) is 5.52. The summed E-state index contributed by atoms with van der Waals surface area (Å²) in [6.07, 6.45) is 4.39. The minimum absolute atomic E-state index is 0.111. The van der Waals surface area contributed by atoms with Gasteiger partial charge in [0.1, 0.15) is 11.9 Å². The molecule has 0 spiro atoms. The van der Waals surface area contributed by atoms with E-state index in [-0.39, 0.29) is 12.0 Å². The summed E-state index contributed by atoms with van der Waals surface area (Å²) in [5.41, 5.74) is 3.33. The van der Waals surface area contributed by atoms with Gasteiger partial charge >= 0.3 is 0 Å². The zero-order valence-corrected chi connectivity index (χ0v) is 12.1. The molecule has 0 unspecified atom stereocenters. The van der Waals surface area contributed by atoms with Crippen LogP contribution >= 0.6 is 0 Å². The Hall–Kier alpha value is -2.43. The number of hydrogen-bond donors (Lipinski definition) is 1. The van der Waals surface area contributed by atoms with Crippen molar-refractivity contribution in [2.24, 2.45) is 0 Å². The van der Waals surface area contributed by atoms with E-state index >= 15 is 0 Å². The van der Waals surface area contributed by atoms with Crippen molar-refractivity contribution in [3.8, 4) is 5.75 Å². The van der Waals surface area contributed by atoms with Crippen LogP contribution < -0.4 is 10.1 Å². The van der Waals surface area contributed by atoms with Crippen LogP contribution in [0.4, 0.5) is 0 Å². The quantitative estimate of drug-likeness (QED) is 0.936. The van der Waals surface area contributed by atoms with Crippen LogP contribution in [-0.4, -0.2) is 22.0 Å². The van der Waals surface area contributed by atoms with Gasteiger partial charge in [-0.15, -0.1) is 0 Å². The van der Waals surface area contributed by atoms with Gasteiger partial charge in [-0.3, -0.25) is 14.8 Å². The van der Waals surface area contributed by atoms with Gasteiger partial charge in [0.25, 0.3) is 5.91 Å². The third kappa shape index (κ3) is 3.02. The molecule has 0 saturated carbocycles. The summed E-state index contributed by atoms with van der Waals surface area (Å²) in [5.74, 6) is 0.767. The first-order valence-electron chi connectivity index (χ1n) is 6.97. The summed E-state index contributed by atoms with van der Waals surface area (Å²) < 4.78 is 5.63. The van der Waals surface area contributed by atoms with E-state index in [0.717, 1.165) is 29.1 Å². The van der Waals surface area contributed by atoms with Crippen LogP contribution in [0.25, 0.3) is 0 Å². The number of fused-ring (bicyclic) bond motifs is 1.